The van der Waals surface area contributed by atoms with Crippen LogP contribution in [0.1, 0.15) is 18.4 Å². The van der Waals surface area contributed by atoms with Gasteiger partial charge in [0, 0.05) is 0 Å². The summed E-state index contributed by atoms with van der Waals surface area (Å²) in [6.45, 7) is 1.63. The quantitative estimate of drug-likeness (QED) is 0.827. The number of primary sulfonamides is 1. The molecule has 3 nitrogen and oxygen atoms in total. The van der Waals surface area contributed by atoms with E-state index < -0.39 is 21.8 Å². The Balaban J connectivity index is 2.90. The molecule has 5 heteroatoms. The van der Waals surface area contributed by atoms with Gasteiger partial charge in [-0.1, -0.05) is 25.1 Å². The van der Waals surface area contributed by atoms with Crippen LogP contribution in [-0.2, 0) is 10.0 Å². The third-order valence-electron chi connectivity index (χ3n) is 1.92. The van der Waals surface area contributed by atoms with Gasteiger partial charge in [0.05, 0.1) is 5.75 Å². The van der Waals surface area contributed by atoms with E-state index in [1.54, 1.807) is 25.1 Å². The topological polar surface area (TPSA) is 60.2 Å². The van der Waals surface area contributed by atoms with E-state index in [4.69, 9.17) is 5.14 Å². The number of hydrogen-bond donors (Lipinski definition) is 1. The summed E-state index contributed by atoms with van der Waals surface area (Å²) in [5.41, 5.74) is 0.376. The van der Waals surface area contributed by atoms with Gasteiger partial charge in [-0.3, -0.25) is 0 Å². The Morgan fingerprint density at radius 2 is 2.00 bits per heavy atom. The molecule has 1 atom stereocenters. The second-order valence-corrected chi connectivity index (χ2v) is 4.91. The lowest BCUT2D eigenvalue weighted by molar-refractivity contribution is 0.580. The van der Waals surface area contributed by atoms with Crippen molar-refractivity contribution in [2.24, 2.45) is 5.14 Å². The predicted octanol–water partition coefficient (Wildman–Crippen LogP) is 1.22. The molecular weight excluding hydrogens is 205 g/mol. The Morgan fingerprint density at radius 1 is 1.43 bits per heavy atom. The lowest BCUT2D eigenvalue weighted by Gasteiger charge is -2.10. The SMILES string of the molecule is CC(CS(N)(=O)=O)c1ccccc1F. The zero-order chi connectivity index (χ0) is 10.8. The van der Waals surface area contributed by atoms with Crippen molar-refractivity contribution in [2.75, 3.05) is 5.75 Å². The molecule has 0 aliphatic heterocycles. The van der Waals surface area contributed by atoms with E-state index in [9.17, 15) is 12.8 Å². The molecule has 0 saturated carbocycles. The third kappa shape index (κ3) is 3.08. The first kappa shape index (κ1) is 11.1. The largest absolute Gasteiger partial charge is 0.229 e. The van der Waals surface area contributed by atoms with Gasteiger partial charge < -0.3 is 0 Å². The van der Waals surface area contributed by atoms with Crippen molar-refractivity contribution in [2.45, 2.75) is 12.8 Å². The molecule has 2 N–H and O–H groups in total. The Labute approximate surface area is 82.8 Å². The molecule has 1 unspecified atom stereocenters. The van der Waals surface area contributed by atoms with Gasteiger partial charge in [0.25, 0.3) is 0 Å². The smallest absolute Gasteiger partial charge is 0.209 e. The second kappa shape index (κ2) is 4.06. The van der Waals surface area contributed by atoms with Crippen LogP contribution < -0.4 is 5.14 Å². The lowest BCUT2D eigenvalue weighted by atomic mass is 10.0. The van der Waals surface area contributed by atoms with E-state index in [2.05, 4.69) is 0 Å². The van der Waals surface area contributed by atoms with E-state index >= 15 is 0 Å². The van der Waals surface area contributed by atoms with Crippen LogP contribution in [0.4, 0.5) is 4.39 Å². The molecule has 0 aromatic heterocycles. The summed E-state index contributed by atoms with van der Waals surface area (Å²) in [5, 5.41) is 4.87. The van der Waals surface area contributed by atoms with Gasteiger partial charge in [-0.05, 0) is 17.5 Å². The summed E-state index contributed by atoms with van der Waals surface area (Å²) < 4.78 is 34.7. The number of halogens is 1. The number of benzene rings is 1. The Kier molecular flexibility index (Phi) is 3.23. The maximum atomic E-state index is 13.2. The highest BCUT2D eigenvalue weighted by Gasteiger charge is 2.15. The van der Waals surface area contributed by atoms with Gasteiger partial charge in [-0.15, -0.1) is 0 Å². The van der Waals surface area contributed by atoms with Crippen LogP contribution >= 0.6 is 0 Å². The van der Waals surface area contributed by atoms with Crippen molar-refractivity contribution in [3.05, 3.63) is 35.6 Å². The molecule has 0 radical (unpaired) electrons. The van der Waals surface area contributed by atoms with Crippen molar-refractivity contribution in [1.29, 1.82) is 0 Å². The maximum absolute atomic E-state index is 13.2. The molecule has 0 aliphatic rings. The van der Waals surface area contributed by atoms with E-state index in [0.717, 1.165) is 0 Å². The van der Waals surface area contributed by atoms with Crippen LogP contribution in [0.25, 0.3) is 0 Å². The average Bonchev–Trinajstić information content (AvgIpc) is 2.01. The molecule has 14 heavy (non-hydrogen) atoms. The first-order valence-corrected chi connectivity index (χ1v) is 5.86. The van der Waals surface area contributed by atoms with Gasteiger partial charge >= 0.3 is 0 Å². The van der Waals surface area contributed by atoms with Crippen LogP contribution in [0.3, 0.4) is 0 Å². The molecule has 0 amide bonds. The van der Waals surface area contributed by atoms with Crippen LogP contribution in [0.2, 0.25) is 0 Å². The fourth-order valence-electron chi connectivity index (χ4n) is 1.31. The summed E-state index contributed by atoms with van der Waals surface area (Å²) in [7, 11) is -3.55. The Bertz CT molecular complexity index is 417. The molecule has 0 aliphatic carbocycles. The Hall–Kier alpha value is -0.940. The molecule has 0 saturated heterocycles. The summed E-state index contributed by atoms with van der Waals surface area (Å²) in [6, 6.07) is 6.08. The molecule has 78 valence electrons. The van der Waals surface area contributed by atoms with Gasteiger partial charge in [-0.25, -0.2) is 17.9 Å². The van der Waals surface area contributed by atoms with E-state index in [1.807, 2.05) is 0 Å². The fourth-order valence-corrected chi connectivity index (χ4v) is 2.19. The first-order chi connectivity index (χ1) is 6.40. The normalized spacial score (nSPS) is 13.9. The van der Waals surface area contributed by atoms with Crippen molar-refractivity contribution >= 4 is 10.0 Å². The highest BCUT2D eigenvalue weighted by atomic mass is 32.2. The third-order valence-corrected chi connectivity index (χ3v) is 2.88. The van der Waals surface area contributed by atoms with Crippen molar-refractivity contribution in [3.63, 3.8) is 0 Å². The van der Waals surface area contributed by atoms with E-state index in [1.165, 1.54) is 6.07 Å². The minimum absolute atomic E-state index is 0.242. The number of sulfonamides is 1. The standard InChI is InChI=1S/C9H12FNO2S/c1-7(6-14(11,12)13)8-4-2-3-5-9(8)10/h2-5,7H,6H2,1H3,(H2,11,12,13). The second-order valence-electron chi connectivity index (χ2n) is 3.25. The predicted molar refractivity (Wildman–Crippen MR) is 52.8 cm³/mol. The minimum atomic E-state index is -3.55. The first-order valence-electron chi connectivity index (χ1n) is 4.15. The van der Waals surface area contributed by atoms with Crippen LogP contribution in [0.5, 0.6) is 0 Å². The molecule has 1 aromatic rings. The lowest BCUT2D eigenvalue weighted by Crippen LogP contribution is -2.21. The van der Waals surface area contributed by atoms with Crippen LogP contribution in [0, 0.1) is 5.82 Å². The van der Waals surface area contributed by atoms with Crippen LogP contribution in [0.15, 0.2) is 24.3 Å². The number of nitrogens with two attached hydrogens (primary N) is 1. The van der Waals surface area contributed by atoms with E-state index in [-0.39, 0.29) is 5.75 Å². The summed E-state index contributed by atoms with van der Waals surface area (Å²) in [4.78, 5) is 0. The fraction of sp³-hybridized carbons (Fsp3) is 0.333. The number of hydrogen-bond acceptors (Lipinski definition) is 2. The molecule has 0 spiro atoms. The van der Waals surface area contributed by atoms with Crippen molar-refractivity contribution < 1.29 is 12.8 Å². The molecule has 1 aromatic carbocycles. The van der Waals surface area contributed by atoms with Gasteiger partial charge in [0.15, 0.2) is 0 Å². The van der Waals surface area contributed by atoms with E-state index in [0.29, 0.717) is 5.56 Å². The summed E-state index contributed by atoms with van der Waals surface area (Å²) in [6.07, 6.45) is 0. The van der Waals surface area contributed by atoms with Gasteiger partial charge in [-0.2, -0.15) is 0 Å². The molecular formula is C9H12FNO2S. The molecule has 1 rings (SSSR count). The van der Waals surface area contributed by atoms with Gasteiger partial charge in [0.2, 0.25) is 10.0 Å². The highest BCUT2D eigenvalue weighted by molar-refractivity contribution is 7.89. The number of rotatable bonds is 3. The van der Waals surface area contributed by atoms with Crippen molar-refractivity contribution in [3.8, 4) is 0 Å². The van der Waals surface area contributed by atoms with Crippen molar-refractivity contribution in [1.82, 2.24) is 0 Å². The molecule has 0 heterocycles. The zero-order valence-electron chi connectivity index (χ0n) is 7.77. The van der Waals surface area contributed by atoms with Crippen LogP contribution in [-0.4, -0.2) is 14.2 Å². The average molecular weight is 217 g/mol. The maximum Gasteiger partial charge on any atom is 0.209 e. The zero-order valence-corrected chi connectivity index (χ0v) is 8.59. The molecule has 0 bridgehead atoms. The summed E-state index contributed by atoms with van der Waals surface area (Å²) in [5.74, 6) is -1.07. The van der Waals surface area contributed by atoms with Gasteiger partial charge in [0.1, 0.15) is 5.82 Å². The minimum Gasteiger partial charge on any atom is -0.229 e. The summed E-state index contributed by atoms with van der Waals surface area (Å²) >= 11 is 0. The Morgan fingerprint density at radius 3 is 2.50 bits per heavy atom. The molecule has 0 fully saturated rings. The monoisotopic (exact) mass is 217 g/mol. The highest BCUT2D eigenvalue weighted by Crippen LogP contribution is 2.19.